The number of rotatable bonds is 7. The van der Waals surface area contributed by atoms with E-state index >= 15 is 0 Å². The van der Waals surface area contributed by atoms with Crippen LogP contribution in [-0.2, 0) is 16.1 Å². The number of carbonyl (C=O) groups excluding carboxylic acids is 1. The maximum atomic E-state index is 12.5. The maximum absolute atomic E-state index is 12.5. The van der Waals surface area contributed by atoms with Gasteiger partial charge in [0.05, 0.1) is 30.5 Å². The first-order valence-corrected chi connectivity index (χ1v) is 9.77. The van der Waals surface area contributed by atoms with Crippen LogP contribution in [0.1, 0.15) is 20.3 Å². The smallest absolute Gasteiger partial charge is 0.273 e. The van der Waals surface area contributed by atoms with Crippen molar-refractivity contribution in [2.75, 3.05) is 32.8 Å². The van der Waals surface area contributed by atoms with Crippen molar-refractivity contribution in [2.24, 2.45) is 5.92 Å². The third kappa shape index (κ3) is 4.69. The number of hydrogen-bond donors (Lipinski definition) is 2. The summed E-state index contributed by atoms with van der Waals surface area (Å²) in [5.74, 6) is 0.262. The molecule has 1 unspecified atom stereocenters. The molecule has 152 valence electrons. The van der Waals surface area contributed by atoms with Crippen molar-refractivity contribution >= 4 is 16.7 Å². The average molecular weight is 388 g/mol. The first kappa shape index (κ1) is 20.3. The first-order chi connectivity index (χ1) is 13.5. The molecule has 0 bridgehead atoms. The van der Waals surface area contributed by atoms with E-state index in [0.29, 0.717) is 23.2 Å². The predicted octanol–water partition coefficient (Wildman–Crippen LogP) is 0.553. The topological polar surface area (TPSA) is 96.4 Å². The van der Waals surface area contributed by atoms with Gasteiger partial charge < -0.3 is 10.1 Å². The molecule has 0 radical (unpaired) electrons. The third-order valence-electron chi connectivity index (χ3n) is 5.24. The Labute approximate surface area is 163 Å². The minimum atomic E-state index is -0.331. The van der Waals surface area contributed by atoms with Crippen LogP contribution in [0.25, 0.3) is 10.8 Å². The Kier molecular flexibility index (Phi) is 6.64. The molecule has 0 saturated carbocycles. The van der Waals surface area contributed by atoms with Crippen LogP contribution in [0.4, 0.5) is 0 Å². The molecule has 28 heavy (non-hydrogen) atoms. The number of benzene rings is 1. The van der Waals surface area contributed by atoms with Crippen molar-refractivity contribution in [2.45, 2.75) is 32.9 Å². The van der Waals surface area contributed by atoms with E-state index in [1.165, 1.54) is 4.68 Å². The molecule has 1 saturated heterocycles. The lowest BCUT2D eigenvalue weighted by atomic mass is 10.0. The molecule has 1 aromatic heterocycles. The number of nitrogens with zero attached hydrogens (tertiary/aromatic N) is 2. The van der Waals surface area contributed by atoms with Crippen molar-refractivity contribution in [3.05, 3.63) is 45.0 Å². The molecular formula is C20H28N4O4. The highest BCUT2D eigenvalue weighted by molar-refractivity contribution is 5.80. The number of carbonyl (C=O) groups is 1. The number of amides is 1. The summed E-state index contributed by atoms with van der Waals surface area (Å²) in [7, 11) is 0. The Morgan fingerprint density at radius 3 is 2.54 bits per heavy atom. The lowest BCUT2D eigenvalue weighted by Gasteiger charge is -2.36. The zero-order valence-corrected chi connectivity index (χ0v) is 16.4. The highest BCUT2D eigenvalue weighted by Crippen LogP contribution is 2.12. The monoisotopic (exact) mass is 388 g/mol. The maximum Gasteiger partial charge on any atom is 0.273 e. The molecule has 1 amide bonds. The number of ether oxygens (including phenoxy) is 1. The Morgan fingerprint density at radius 1 is 1.18 bits per heavy atom. The Hall–Kier alpha value is -2.45. The molecule has 1 aromatic carbocycles. The number of aromatic nitrogens is 2. The molecule has 1 aliphatic rings. The highest BCUT2D eigenvalue weighted by Gasteiger charge is 2.24. The zero-order valence-electron chi connectivity index (χ0n) is 16.4. The summed E-state index contributed by atoms with van der Waals surface area (Å²) < 4.78 is 6.62. The SMILES string of the molecule is CC(C)C(CNC(=O)CCn1[nH]c(=O)c2ccccc2c1=O)N1CCOCC1. The van der Waals surface area contributed by atoms with Gasteiger partial charge in [0.1, 0.15) is 0 Å². The van der Waals surface area contributed by atoms with Gasteiger partial charge in [-0.25, -0.2) is 4.68 Å². The zero-order chi connectivity index (χ0) is 20.1. The molecule has 1 fully saturated rings. The molecule has 1 aliphatic heterocycles. The van der Waals surface area contributed by atoms with E-state index in [1.54, 1.807) is 24.3 Å². The summed E-state index contributed by atoms with van der Waals surface area (Å²) in [5.41, 5.74) is -0.626. The normalized spacial score (nSPS) is 16.4. The summed E-state index contributed by atoms with van der Waals surface area (Å²) in [5, 5.41) is 6.25. The molecule has 0 aliphatic carbocycles. The van der Waals surface area contributed by atoms with Gasteiger partial charge in [-0.3, -0.25) is 24.4 Å². The summed E-state index contributed by atoms with van der Waals surface area (Å²) in [4.78, 5) is 39.3. The molecule has 2 heterocycles. The van der Waals surface area contributed by atoms with E-state index in [4.69, 9.17) is 4.74 Å². The summed E-state index contributed by atoms with van der Waals surface area (Å²) in [6.45, 7) is 8.15. The summed E-state index contributed by atoms with van der Waals surface area (Å²) in [6.07, 6.45) is 0.127. The minimum absolute atomic E-state index is 0.127. The van der Waals surface area contributed by atoms with Crippen LogP contribution in [-0.4, -0.2) is 59.5 Å². The van der Waals surface area contributed by atoms with Gasteiger partial charge in [0.15, 0.2) is 0 Å². The predicted molar refractivity (Wildman–Crippen MR) is 107 cm³/mol. The molecule has 2 aromatic rings. The second kappa shape index (κ2) is 9.16. The van der Waals surface area contributed by atoms with E-state index in [0.717, 1.165) is 26.3 Å². The number of fused-ring (bicyclic) bond motifs is 1. The molecule has 8 heteroatoms. The number of H-pyrrole nitrogens is 1. The summed E-state index contributed by atoms with van der Waals surface area (Å²) >= 11 is 0. The number of morpholine rings is 1. The standard InChI is InChI=1S/C20H28N4O4/c1-14(2)17(23-9-11-28-12-10-23)13-21-18(25)7-8-24-20(27)16-6-4-3-5-15(16)19(26)22-24/h3-6,14,17H,7-13H2,1-2H3,(H,21,25)(H,22,26). The van der Waals surface area contributed by atoms with Crippen LogP contribution in [0, 0.1) is 5.92 Å². The lowest BCUT2D eigenvalue weighted by molar-refractivity contribution is -0.121. The third-order valence-corrected chi connectivity index (χ3v) is 5.24. The second-order valence-corrected chi connectivity index (χ2v) is 7.46. The van der Waals surface area contributed by atoms with Gasteiger partial charge >= 0.3 is 0 Å². The van der Waals surface area contributed by atoms with E-state index in [2.05, 4.69) is 29.2 Å². The van der Waals surface area contributed by atoms with Crippen LogP contribution in [0.3, 0.4) is 0 Å². The van der Waals surface area contributed by atoms with Crippen LogP contribution in [0.15, 0.2) is 33.9 Å². The molecule has 0 spiro atoms. The van der Waals surface area contributed by atoms with Crippen LogP contribution < -0.4 is 16.4 Å². The fourth-order valence-corrected chi connectivity index (χ4v) is 3.62. The number of nitrogens with one attached hydrogen (secondary N) is 2. The number of hydrogen-bond acceptors (Lipinski definition) is 5. The van der Waals surface area contributed by atoms with Crippen LogP contribution in [0.5, 0.6) is 0 Å². The van der Waals surface area contributed by atoms with Gasteiger partial charge in [0.25, 0.3) is 11.1 Å². The largest absolute Gasteiger partial charge is 0.379 e. The van der Waals surface area contributed by atoms with Gasteiger partial charge in [0.2, 0.25) is 5.91 Å². The summed E-state index contributed by atoms with van der Waals surface area (Å²) in [6, 6.07) is 6.92. The minimum Gasteiger partial charge on any atom is -0.379 e. The Bertz CT molecular complexity index is 928. The van der Waals surface area contributed by atoms with Gasteiger partial charge in [-0.15, -0.1) is 0 Å². The van der Waals surface area contributed by atoms with Crippen LogP contribution >= 0.6 is 0 Å². The van der Waals surface area contributed by atoms with Crippen molar-refractivity contribution in [3.8, 4) is 0 Å². The van der Waals surface area contributed by atoms with Crippen molar-refractivity contribution in [1.82, 2.24) is 20.0 Å². The second-order valence-electron chi connectivity index (χ2n) is 7.46. The number of aryl methyl sites for hydroxylation is 1. The highest BCUT2D eigenvalue weighted by atomic mass is 16.5. The van der Waals surface area contributed by atoms with Gasteiger partial charge in [0, 0.05) is 32.1 Å². The molecule has 8 nitrogen and oxygen atoms in total. The molecule has 1 atom stereocenters. The van der Waals surface area contributed by atoms with E-state index in [-0.39, 0.29) is 36.0 Å². The average Bonchev–Trinajstić information content (AvgIpc) is 2.70. The quantitative estimate of drug-likeness (QED) is 0.722. The van der Waals surface area contributed by atoms with E-state index in [1.807, 2.05) is 0 Å². The van der Waals surface area contributed by atoms with Crippen molar-refractivity contribution < 1.29 is 9.53 Å². The first-order valence-electron chi connectivity index (χ1n) is 9.77. The molecule has 2 N–H and O–H groups in total. The van der Waals surface area contributed by atoms with Crippen molar-refractivity contribution in [3.63, 3.8) is 0 Å². The Balaban J connectivity index is 1.59. The van der Waals surface area contributed by atoms with E-state index < -0.39 is 0 Å². The molecule has 3 rings (SSSR count). The van der Waals surface area contributed by atoms with Gasteiger partial charge in [-0.2, -0.15) is 0 Å². The van der Waals surface area contributed by atoms with Gasteiger partial charge in [-0.05, 0) is 18.1 Å². The lowest BCUT2D eigenvalue weighted by Crippen LogP contribution is -2.51. The van der Waals surface area contributed by atoms with Crippen molar-refractivity contribution in [1.29, 1.82) is 0 Å². The Morgan fingerprint density at radius 2 is 1.86 bits per heavy atom. The number of aromatic amines is 1. The molecular weight excluding hydrogens is 360 g/mol. The van der Waals surface area contributed by atoms with Crippen LogP contribution in [0.2, 0.25) is 0 Å². The fourth-order valence-electron chi connectivity index (χ4n) is 3.62. The van der Waals surface area contributed by atoms with Gasteiger partial charge in [-0.1, -0.05) is 26.0 Å². The van der Waals surface area contributed by atoms with E-state index in [9.17, 15) is 14.4 Å². The fraction of sp³-hybridized carbons (Fsp3) is 0.550.